The van der Waals surface area contributed by atoms with Gasteiger partial charge in [0.05, 0.1) is 13.3 Å². The molecule has 23 heavy (non-hydrogen) atoms. The standard InChI is InChI=1S/C16H16ClN3O2S/c1-10-12(17)6-4-7-13(10)19-16(23)20-18-9-11-5-3-8-14(22-2)15(11)21/h3-9,21H,1-2H3,(H2,19,20,23)/b18-9+. The van der Waals surface area contributed by atoms with Gasteiger partial charge >= 0.3 is 0 Å². The summed E-state index contributed by atoms with van der Waals surface area (Å²) in [4.78, 5) is 0. The molecule has 0 atom stereocenters. The minimum atomic E-state index is 0.0186. The number of thiocarbonyl (C=S) groups is 1. The second kappa shape index (κ2) is 7.80. The largest absolute Gasteiger partial charge is 0.504 e. The molecule has 2 aromatic carbocycles. The third-order valence-corrected chi connectivity index (χ3v) is 3.74. The number of nitrogens with zero attached hydrogens (tertiary/aromatic N) is 1. The Labute approximate surface area is 144 Å². The SMILES string of the molecule is COc1cccc(/C=N/NC(=S)Nc2cccc(Cl)c2C)c1O. The van der Waals surface area contributed by atoms with Crippen molar-refractivity contribution in [2.75, 3.05) is 12.4 Å². The van der Waals surface area contributed by atoms with E-state index in [1.54, 1.807) is 18.2 Å². The van der Waals surface area contributed by atoms with Gasteiger partial charge in [0.15, 0.2) is 16.6 Å². The Balaban J connectivity index is 2.00. The summed E-state index contributed by atoms with van der Waals surface area (Å²) in [6.45, 7) is 1.89. The number of nitrogens with one attached hydrogen (secondary N) is 2. The second-order valence-corrected chi connectivity index (χ2v) is 5.45. The first-order chi connectivity index (χ1) is 11.0. The highest BCUT2D eigenvalue weighted by molar-refractivity contribution is 7.80. The Morgan fingerprint density at radius 2 is 2.04 bits per heavy atom. The topological polar surface area (TPSA) is 65.9 Å². The van der Waals surface area contributed by atoms with E-state index in [-0.39, 0.29) is 5.75 Å². The molecule has 0 bridgehead atoms. The first-order valence-electron chi connectivity index (χ1n) is 6.74. The Kier molecular flexibility index (Phi) is 5.78. The highest BCUT2D eigenvalue weighted by atomic mass is 35.5. The van der Waals surface area contributed by atoms with Gasteiger partial charge in [-0.05, 0) is 49.0 Å². The lowest BCUT2D eigenvalue weighted by atomic mass is 10.2. The normalized spacial score (nSPS) is 10.6. The number of hydrazone groups is 1. The van der Waals surface area contributed by atoms with Gasteiger partial charge in [-0.2, -0.15) is 5.10 Å². The molecule has 0 saturated heterocycles. The fourth-order valence-corrected chi connectivity index (χ4v) is 2.20. The Bertz CT molecular complexity index is 750. The maximum Gasteiger partial charge on any atom is 0.191 e. The minimum absolute atomic E-state index is 0.0186. The van der Waals surface area contributed by atoms with E-state index in [1.807, 2.05) is 25.1 Å². The molecule has 5 nitrogen and oxygen atoms in total. The molecule has 120 valence electrons. The molecule has 2 rings (SSSR count). The molecule has 0 heterocycles. The quantitative estimate of drug-likeness (QED) is 0.446. The van der Waals surface area contributed by atoms with Gasteiger partial charge in [-0.15, -0.1) is 0 Å². The van der Waals surface area contributed by atoms with Crippen molar-refractivity contribution < 1.29 is 9.84 Å². The zero-order chi connectivity index (χ0) is 16.8. The summed E-state index contributed by atoms with van der Waals surface area (Å²) in [5.41, 5.74) is 4.89. The van der Waals surface area contributed by atoms with E-state index < -0.39 is 0 Å². The molecule has 0 fully saturated rings. The third kappa shape index (κ3) is 4.34. The van der Waals surface area contributed by atoms with E-state index in [4.69, 9.17) is 28.6 Å². The van der Waals surface area contributed by atoms with Crippen LogP contribution in [0.5, 0.6) is 11.5 Å². The number of phenolic OH excluding ortho intramolecular Hbond substituents is 1. The van der Waals surface area contributed by atoms with Crippen molar-refractivity contribution in [3.63, 3.8) is 0 Å². The smallest absolute Gasteiger partial charge is 0.191 e. The fraction of sp³-hybridized carbons (Fsp3) is 0.125. The van der Waals surface area contributed by atoms with Crippen LogP contribution in [0.25, 0.3) is 0 Å². The number of ether oxygens (including phenoxy) is 1. The molecule has 0 amide bonds. The lowest BCUT2D eigenvalue weighted by Gasteiger charge is -2.10. The number of benzene rings is 2. The van der Waals surface area contributed by atoms with Gasteiger partial charge < -0.3 is 15.2 Å². The monoisotopic (exact) mass is 349 g/mol. The van der Waals surface area contributed by atoms with Gasteiger partial charge in [-0.3, -0.25) is 5.43 Å². The number of methoxy groups -OCH3 is 1. The lowest BCUT2D eigenvalue weighted by Crippen LogP contribution is -2.24. The van der Waals surface area contributed by atoms with Crippen LogP contribution in [0, 0.1) is 6.92 Å². The van der Waals surface area contributed by atoms with E-state index >= 15 is 0 Å². The molecule has 0 radical (unpaired) electrons. The average Bonchev–Trinajstić information content (AvgIpc) is 2.53. The summed E-state index contributed by atoms with van der Waals surface area (Å²) in [6.07, 6.45) is 1.46. The van der Waals surface area contributed by atoms with Crippen molar-refractivity contribution in [3.8, 4) is 11.5 Å². The van der Waals surface area contributed by atoms with Gasteiger partial charge in [-0.25, -0.2) is 0 Å². The number of anilines is 1. The number of aromatic hydroxyl groups is 1. The predicted octanol–water partition coefficient (Wildman–Crippen LogP) is 3.68. The van der Waals surface area contributed by atoms with Gasteiger partial charge in [0.25, 0.3) is 0 Å². The third-order valence-electron chi connectivity index (χ3n) is 3.14. The highest BCUT2D eigenvalue weighted by Gasteiger charge is 2.05. The Hall–Kier alpha value is -2.31. The first kappa shape index (κ1) is 17.1. The van der Waals surface area contributed by atoms with Crippen LogP contribution in [-0.2, 0) is 0 Å². The molecular weight excluding hydrogens is 334 g/mol. The van der Waals surface area contributed by atoms with Crippen molar-refractivity contribution in [3.05, 3.63) is 52.5 Å². The van der Waals surface area contributed by atoms with E-state index in [0.717, 1.165) is 11.3 Å². The number of rotatable bonds is 4. The maximum atomic E-state index is 9.95. The maximum absolute atomic E-state index is 9.95. The lowest BCUT2D eigenvalue weighted by molar-refractivity contribution is 0.373. The van der Waals surface area contributed by atoms with Crippen LogP contribution in [0.1, 0.15) is 11.1 Å². The van der Waals surface area contributed by atoms with Gasteiger partial charge in [-0.1, -0.05) is 23.7 Å². The van der Waals surface area contributed by atoms with Crippen LogP contribution >= 0.6 is 23.8 Å². The van der Waals surface area contributed by atoms with Gasteiger partial charge in [0.2, 0.25) is 0 Å². The second-order valence-electron chi connectivity index (χ2n) is 4.63. The number of halogens is 1. The summed E-state index contributed by atoms with van der Waals surface area (Å²) in [6, 6.07) is 10.6. The molecule has 0 spiro atoms. The molecule has 0 aromatic heterocycles. The molecule has 0 unspecified atom stereocenters. The molecule has 2 aromatic rings. The summed E-state index contributed by atoms with van der Waals surface area (Å²) in [7, 11) is 1.49. The Morgan fingerprint density at radius 3 is 2.78 bits per heavy atom. The van der Waals surface area contributed by atoms with Crippen molar-refractivity contribution in [2.45, 2.75) is 6.92 Å². The molecule has 0 aliphatic heterocycles. The Morgan fingerprint density at radius 1 is 1.30 bits per heavy atom. The molecule has 0 saturated carbocycles. The molecular formula is C16H16ClN3O2S. The van der Waals surface area contributed by atoms with E-state index in [0.29, 0.717) is 21.4 Å². The average molecular weight is 350 g/mol. The van der Waals surface area contributed by atoms with Gasteiger partial charge in [0.1, 0.15) is 0 Å². The minimum Gasteiger partial charge on any atom is -0.504 e. The summed E-state index contributed by atoms with van der Waals surface area (Å²) >= 11 is 11.2. The van der Waals surface area contributed by atoms with Crippen LogP contribution in [0.4, 0.5) is 5.69 Å². The highest BCUT2D eigenvalue weighted by Crippen LogP contribution is 2.28. The first-order valence-corrected chi connectivity index (χ1v) is 7.52. The molecule has 3 N–H and O–H groups in total. The van der Waals surface area contributed by atoms with Crippen molar-refractivity contribution >= 4 is 40.8 Å². The number of hydrogen-bond donors (Lipinski definition) is 3. The summed E-state index contributed by atoms with van der Waals surface area (Å²) in [5.74, 6) is 0.398. The van der Waals surface area contributed by atoms with Gasteiger partial charge in [0, 0.05) is 16.3 Å². The van der Waals surface area contributed by atoms with Crippen LogP contribution in [-0.4, -0.2) is 23.5 Å². The molecule has 7 heteroatoms. The van der Waals surface area contributed by atoms with E-state index in [2.05, 4.69) is 15.8 Å². The van der Waals surface area contributed by atoms with Crippen molar-refractivity contribution in [1.82, 2.24) is 5.43 Å². The van der Waals surface area contributed by atoms with Crippen LogP contribution in [0.15, 0.2) is 41.5 Å². The van der Waals surface area contributed by atoms with Crippen molar-refractivity contribution in [1.29, 1.82) is 0 Å². The molecule has 0 aliphatic rings. The van der Waals surface area contributed by atoms with Crippen molar-refractivity contribution in [2.24, 2.45) is 5.10 Å². The summed E-state index contributed by atoms with van der Waals surface area (Å²) in [5, 5.41) is 17.9. The zero-order valence-corrected chi connectivity index (χ0v) is 14.2. The zero-order valence-electron chi connectivity index (χ0n) is 12.6. The number of hydrogen-bond acceptors (Lipinski definition) is 4. The number of phenols is 1. The molecule has 0 aliphatic carbocycles. The van der Waals surface area contributed by atoms with Crippen LogP contribution < -0.4 is 15.5 Å². The number of para-hydroxylation sites is 1. The van der Waals surface area contributed by atoms with Crippen LogP contribution in [0.3, 0.4) is 0 Å². The van der Waals surface area contributed by atoms with Crippen LogP contribution in [0.2, 0.25) is 5.02 Å². The fourth-order valence-electron chi connectivity index (χ4n) is 1.86. The van der Waals surface area contributed by atoms with E-state index in [9.17, 15) is 5.11 Å². The van der Waals surface area contributed by atoms with E-state index in [1.165, 1.54) is 13.3 Å². The predicted molar refractivity (Wildman–Crippen MR) is 97.8 cm³/mol. The summed E-state index contributed by atoms with van der Waals surface area (Å²) < 4.78 is 5.03.